The molecule has 6 nitrogen and oxygen atoms in total. The molecule has 1 fully saturated rings. The van der Waals surface area contributed by atoms with Crippen molar-refractivity contribution < 1.29 is 27.1 Å². The third-order valence-corrected chi connectivity index (χ3v) is 5.30. The molecule has 0 saturated carbocycles. The number of hydrogen-bond donors (Lipinski definition) is 0. The second-order valence-corrected chi connectivity index (χ2v) is 7.31. The average molecular weight is 431 g/mol. The highest BCUT2D eigenvalue weighted by Gasteiger charge is 2.31. The summed E-state index contributed by atoms with van der Waals surface area (Å²) in [7, 11) is 1.52. The lowest BCUT2D eigenvalue weighted by atomic mass is 9.97. The van der Waals surface area contributed by atoms with E-state index in [9.17, 15) is 18.0 Å². The molecular weight excluding hydrogens is 411 g/mol. The number of nitrogens with zero attached hydrogens (tertiary/aromatic N) is 3. The first kappa shape index (κ1) is 20.9. The van der Waals surface area contributed by atoms with E-state index >= 15 is 0 Å². The van der Waals surface area contributed by atoms with E-state index in [0.717, 1.165) is 25.0 Å². The van der Waals surface area contributed by atoms with Crippen LogP contribution in [-0.2, 0) is 6.18 Å². The van der Waals surface area contributed by atoms with E-state index in [1.807, 2.05) is 0 Å². The van der Waals surface area contributed by atoms with Crippen LogP contribution < -0.4 is 4.74 Å². The maximum absolute atomic E-state index is 13.0. The van der Waals surface area contributed by atoms with Crippen molar-refractivity contribution in [3.05, 3.63) is 65.5 Å². The van der Waals surface area contributed by atoms with Crippen molar-refractivity contribution in [2.45, 2.75) is 24.9 Å². The van der Waals surface area contributed by atoms with Gasteiger partial charge in [0, 0.05) is 18.7 Å². The van der Waals surface area contributed by atoms with E-state index in [4.69, 9.17) is 9.15 Å². The molecule has 1 unspecified atom stereocenters. The van der Waals surface area contributed by atoms with Crippen LogP contribution in [0.25, 0.3) is 11.5 Å². The topological polar surface area (TPSA) is 68.5 Å². The molecule has 0 N–H and O–H groups in total. The van der Waals surface area contributed by atoms with Gasteiger partial charge >= 0.3 is 6.18 Å². The molecule has 9 heteroatoms. The summed E-state index contributed by atoms with van der Waals surface area (Å²) in [4.78, 5) is 14.7. The molecule has 3 aromatic rings. The molecule has 1 aliphatic rings. The molecule has 0 bridgehead atoms. The standard InChI is InChI=1S/C22H20F3N3O3/c1-30-18-7-3-2-6-17(18)21(29)28-12-4-5-15(13-28)20-27-26-19(31-20)14-8-10-16(11-9-14)22(23,24)25/h2-3,6-11,15H,4-5,12-13H2,1H3. The number of alkyl halides is 3. The molecule has 162 valence electrons. The Hall–Kier alpha value is -3.36. The largest absolute Gasteiger partial charge is 0.496 e. The van der Waals surface area contributed by atoms with Crippen LogP contribution in [0.2, 0.25) is 0 Å². The number of benzene rings is 2. The minimum absolute atomic E-state index is 0.135. The normalized spacial score (nSPS) is 16.9. The number of rotatable bonds is 4. The van der Waals surface area contributed by atoms with E-state index in [1.165, 1.54) is 19.2 Å². The number of piperidine rings is 1. The van der Waals surface area contributed by atoms with Crippen LogP contribution in [0.5, 0.6) is 5.75 Å². The molecule has 1 saturated heterocycles. The molecule has 1 atom stereocenters. The minimum atomic E-state index is -4.40. The Morgan fingerprint density at radius 3 is 2.58 bits per heavy atom. The van der Waals surface area contributed by atoms with Gasteiger partial charge in [-0.2, -0.15) is 13.2 Å². The van der Waals surface area contributed by atoms with Gasteiger partial charge in [-0.25, -0.2) is 0 Å². The highest BCUT2D eigenvalue weighted by Crippen LogP contribution is 2.33. The monoisotopic (exact) mass is 431 g/mol. The van der Waals surface area contributed by atoms with Crippen molar-refractivity contribution in [3.8, 4) is 17.2 Å². The molecule has 0 aliphatic carbocycles. The molecule has 1 aliphatic heterocycles. The van der Waals surface area contributed by atoms with Crippen LogP contribution in [0.3, 0.4) is 0 Å². The zero-order valence-electron chi connectivity index (χ0n) is 16.7. The Morgan fingerprint density at radius 2 is 1.87 bits per heavy atom. The van der Waals surface area contributed by atoms with Crippen molar-refractivity contribution in [3.63, 3.8) is 0 Å². The quantitative estimate of drug-likeness (QED) is 0.595. The molecule has 2 heterocycles. The summed E-state index contributed by atoms with van der Waals surface area (Å²) in [6.45, 7) is 1.01. The lowest BCUT2D eigenvalue weighted by molar-refractivity contribution is -0.137. The van der Waals surface area contributed by atoms with Crippen LogP contribution in [0, 0.1) is 0 Å². The van der Waals surface area contributed by atoms with Crippen LogP contribution in [-0.4, -0.2) is 41.2 Å². The number of aromatic nitrogens is 2. The van der Waals surface area contributed by atoms with Gasteiger partial charge in [-0.1, -0.05) is 12.1 Å². The fourth-order valence-corrected chi connectivity index (χ4v) is 3.67. The molecule has 2 aromatic carbocycles. The molecule has 0 radical (unpaired) electrons. The Balaban J connectivity index is 1.49. The summed E-state index contributed by atoms with van der Waals surface area (Å²) >= 11 is 0. The first-order valence-electron chi connectivity index (χ1n) is 9.80. The van der Waals surface area contributed by atoms with E-state index < -0.39 is 11.7 Å². The zero-order valence-corrected chi connectivity index (χ0v) is 16.7. The number of para-hydroxylation sites is 1. The molecule has 0 spiro atoms. The van der Waals surface area contributed by atoms with Gasteiger partial charge in [0.25, 0.3) is 5.91 Å². The van der Waals surface area contributed by atoms with Crippen molar-refractivity contribution >= 4 is 5.91 Å². The fraction of sp³-hybridized carbons (Fsp3) is 0.318. The summed E-state index contributed by atoms with van der Waals surface area (Å²) < 4.78 is 49.3. The average Bonchev–Trinajstić information content (AvgIpc) is 3.28. The van der Waals surface area contributed by atoms with E-state index in [0.29, 0.717) is 35.9 Å². The lowest BCUT2D eigenvalue weighted by Gasteiger charge is -2.31. The number of carbonyl (C=O) groups is 1. The summed E-state index contributed by atoms with van der Waals surface area (Å²) in [5, 5.41) is 8.07. The van der Waals surface area contributed by atoms with E-state index in [-0.39, 0.29) is 17.7 Å². The Morgan fingerprint density at radius 1 is 1.13 bits per heavy atom. The first-order chi connectivity index (χ1) is 14.9. The summed E-state index contributed by atoms with van der Waals surface area (Å²) in [5.74, 6) is 0.745. The Bertz CT molecular complexity index is 1060. The van der Waals surface area contributed by atoms with E-state index in [1.54, 1.807) is 29.2 Å². The van der Waals surface area contributed by atoms with Gasteiger partial charge in [0.2, 0.25) is 11.8 Å². The van der Waals surface area contributed by atoms with Crippen LogP contribution >= 0.6 is 0 Å². The number of amides is 1. The van der Waals surface area contributed by atoms with Crippen molar-refractivity contribution in [2.75, 3.05) is 20.2 Å². The lowest BCUT2D eigenvalue weighted by Crippen LogP contribution is -2.39. The third-order valence-electron chi connectivity index (χ3n) is 5.30. The molecule has 31 heavy (non-hydrogen) atoms. The second kappa shape index (κ2) is 8.41. The SMILES string of the molecule is COc1ccccc1C(=O)N1CCCC(c2nnc(-c3ccc(C(F)(F)F)cc3)o2)C1. The van der Waals surface area contributed by atoms with Gasteiger partial charge in [0.05, 0.1) is 24.2 Å². The van der Waals surface area contributed by atoms with Gasteiger partial charge < -0.3 is 14.1 Å². The summed E-state index contributed by atoms with van der Waals surface area (Å²) in [6, 6.07) is 11.6. The number of likely N-dealkylation sites (tertiary alicyclic amines) is 1. The number of methoxy groups -OCH3 is 1. The Labute approximate surface area is 176 Å². The molecule has 1 aromatic heterocycles. The van der Waals surface area contributed by atoms with Gasteiger partial charge in [0.1, 0.15) is 5.75 Å². The van der Waals surface area contributed by atoms with Gasteiger partial charge in [-0.15, -0.1) is 10.2 Å². The zero-order chi connectivity index (χ0) is 22.0. The molecular formula is C22H20F3N3O3. The first-order valence-corrected chi connectivity index (χ1v) is 9.80. The van der Waals surface area contributed by atoms with Crippen molar-refractivity contribution in [1.82, 2.24) is 15.1 Å². The molecule has 4 rings (SSSR count). The van der Waals surface area contributed by atoms with Crippen LogP contribution in [0.1, 0.15) is 40.6 Å². The summed E-state index contributed by atoms with van der Waals surface area (Å²) in [5.41, 5.74) is 0.153. The predicted molar refractivity (Wildman–Crippen MR) is 106 cm³/mol. The predicted octanol–water partition coefficient (Wildman–Crippen LogP) is 4.78. The Kier molecular flexibility index (Phi) is 5.67. The summed E-state index contributed by atoms with van der Waals surface area (Å²) in [6.07, 6.45) is -2.87. The van der Waals surface area contributed by atoms with Gasteiger partial charge in [0.15, 0.2) is 0 Å². The smallest absolute Gasteiger partial charge is 0.416 e. The number of halogens is 3. The van der Waals surface area contributed by atoms with Gasteiger partial charge in [-0.05, 0) is 49.2 Å². The highest BCUT2D eigenvalue weighted by atomic mass is 19.4. The molecule has 1 amide bonds. The van der Waals surface area contributed by atoms with Crippen molar-refractivity contribution in [1.29, 1.82) is 0 Å². The fourth-order valence-electron chi connectivity index (χ4n) is 3.67. The second-order valence-electron chi connectivity index (χ2n) is 7.31. The third kappa shape index (κ3) is 4.40. The highest BCUT2D eigenvalue weighted by molar-refractivity contribution is 5.97. The van der Waals surface area contributed by atoms with E-state index in [2.05, 4.69) is 10.2 Å². The maximum atomic E-state index is 13.0. The minimum Gasteiger partial charge on any atom is -0.496 e. The van der Waals surface area contributed by atoms with Crippen LogP contribution in [0.4, 0.5) is 13.2 Å². The van der Waals surface area contributed by atoms with Crippen LogP contribution in [0.15, 0.2) is 52.9 Å². The van der Waals surface area contributed by atoms with Crippen molar-refractivity contribution in [2.24, 2.45) is 0 Å². The number of ether oxygens (including phenoxy) is 1. The maximum Gasteiger partial charge on any atom is 0.416 e. The number of carbonyl (C=O) groups excluding carboxylic acids is 1. The number of hydrogen-bond acceptors (Lipinski definition) is 5. The van der Waals surface area contributed by atoms with Gasteiger partial charge in [-0.3, -0.25) is 4.79 Å².